The van der Waals surface area contributed by atoms with Crippen molar-refractivity contribution in [2.24, 2.45) is 0 Å². The highest BCUT2D eigenvalue weighted by atomic mass is 127. The van der Waals surface area contributed by atoms with Crippen molar-refractivity contribution in [1.29, 1.82) is 5.41 Å². The molecule has 0 saturated carbocycles. The maximum absolute atomic E-state index is 7.48. The smallest absolute Gasteiger partial charge is 0.265 e. The molecule has 1 atom stereocenters. The van der Waals surface area contributed by atoms with E-state index in [1.807, 2.05) is 29.0 Å². The van der Waals surface area contributed by atoms with Crippen LogP contribution in [-0.2, 0) is 0 Å². The van der Waals surface area contributed by atoms with Gasteiger partial charge in [-0.25, -0.2) is 0 Å². The highest BCUT2D eigenvalue weighted by molar-refractivity contribution is 14.1. The number of rotatable bonds is 1. The van der Waals surface area contributed by atoms with Crippen molar-refractivity contribution in [2.75, 3.05) is 0 Å². The van der Waals surface area contributed by atoms with E-state index in [0.717, 1.165) is 16.3 Å². The molecule has 1 heterocycles. The zero-order valence-corrected chi connectivity index (χ0v) is 9.87. The van der Waals surface area contributed by atoms with Crippen LogP contribution in [0.4, 0.5) is 0 Å². The van der Waals surface area contributed by atoms with Crippen molar-refractivity contribution >= 4 is 38.9 Å². The van der Waals surface area contributed by atoms with Crippen molar-refractivity contribution in [3.8, 4) is 0 Å². The number of pyridine rings is 1. The first-order valence-corrected chi connectivity index (χ1v) is 5.47. The Bertz CT molecular complexity index is 268. The van der Waals surface area contributed by atoms with E-state index in [0.29, 0.717) is 8.40 Å². The van der Waals surface area contributed by atoms with Crippen molar-refractivity contribution in [3.63, 3.8) is 0 Å². The largest absolute Gasteiger partial charge is 0.336 e. The Labute approximate surface area is 81.3 Å². The zero-order valence-electron chi connectivity index (χ0n) is 5.71. The second-order valence-electron chi connectivity index (χ2n) is 2.07. The van der Waals surface area contributed by atoms with Crippen LogP contribution in [-0.4, -0.2) is 20.9 Å². The molecule has 0 aromatic carbocycles. The molecule has 1 N–H and O–H groups in total. The second kappa shape index (κ2) is 3.56. The lowest BCUT2D eigenvalue weighted by Crippen LogP contribution is -2.19. The highest BCUT2D eigenvalue weighted by Gasteiger charge is 1.95. The Balaban J connectivity index is 3.16. The van der Waals surface area contributed by atoms with Crippen LogP contribution < -0.4 is 5.49 Å². The minimum absolute atomic E-state index is 0.492. The summed E-state index contributed by atoms with van der Waals surface area (Å²) in [5.41, 5.74) is 0.594. The quantitative estimate of drug-likeness (QED) is 0.433. The topological polar surface area (TPSA) is 28.8 Å². The maximum Gasteiger partial charge on any atom is 0.265 e. The third kappa shape index (κ3) is 1.85. The molecule has 0 amide bonds. The van der Waals surface area contributed by atoms with Crippen LogP contribution in [0.1, 0.15) is 2.91 Å². The number of halogens is 1. The third-order valence-electron chi connectivity index (χ3n) is 1.27. The molecule has 0 aliphatic heterocycles. The molecule has 0 aliphatic carbocycles. The third-order valence-corrected chi connectivity index (χ3v) is 2.43. The number of nitrogens with zero attached hydrogens (tertiary/aromatic N) is 1. The molecule has 0 spiro atoms. The molecule has 0 radical (unpaired) electrons. The molecule has 1 unspecified atom stereocenters. The zero-order chi connectivity index (χ0) is 7.56. The van der Waals surface area contributed by atoms with Crippen LogP contribution in [0.25, 0.3) is 0 Å². The molecule has 1 rings (SSSR count). The lowest BCUT2D eigenvalue weighted by atomic mass is 10.5. The Kier molecular flexibility index (Phi) is 2.96. The average Bonchev–Trinajstić information content (AvgIpc) is 1.88. The number of hydrogen-bond donors (Lipinski definition) is 1. The Morgan fingerprint density at radius 2 is 2.30 bits per heavy atom. The van der Waals surface area contributed by atoms with E-state index in [9.17, 15) is 0 Å². The fourth-order valence-corrected chi connectivity index (χ4v) is 1.70. The van der Waals surface area contributed by atoms with Crippen molar-refractivity contribution < 1.29 is 0 Å². The van der Waals surface area contributed by atoms with E-state index in [1.54, 1.807) is 0 Å². The van der Waals surface area contributed by atoms with Crippen LogP contribution >= 0.6 is 22.6 Å². The van der Waals surface area contributed by atoms with Gasteiger partial charge in [-0.1, -0.05) is 28.7 Å². The van der Waals surface area contributed by atoms with Gasteiger partial charge in [0, 0.05) is 9.11 Å². The molecule has 0 fully saturated rings. The van der Waals surface area contributed by atoms with Gasteiger partial charge >= 0.3 is 0 Å². The van der Waals surface area contributed by atoms with Crippen molar-refractivity contribution in [3.05, 3.63) is 29.9 Å². The number of nitrogens with one attached hydrogen (secondary N) is 1. The molecule has 0 saturated heterocycles. The molecule has 2 nitrogen and oxygen atoms in total. The van der Waals surface area contributed by atoms with Crippen molar-refractivity contribution in [2.45, 2.75) is 2.91 Å². The van der Waals surface area contributed by atoms with Gasteiger partial charge in [0.2, 0.25) is 0 Å². The lowest BCUT2D eigenvalue weighted by Gasteiger charge is -2.07. The number of hydrogen-bond acceptors (Lipinski definition) is 1. The van der Waals surface area contributed by atoms with Gasteiger partial charge in [-0.15, -0.1) is 0 Å². The van der Waals surface area contributed by atoms with Gasteiger partial charge in [0.15, 0.2) is 0 Å². The molecule has 10 heavy (non-hydrogen) atoms. The van der Waals surface area contributed by atoms with Gasteiger partial charge in [0.05, 0.1) is 0 Å². The first-order chi connectivity index (χ1) is 4.72. The fourth-order valence-electron chi connectivity index (χ4n) is 0.766. The molecule has 0 bridgehead atoms. The SMILES string of the molecule is N=c1ccccn1[CH]([AlH2])I. The van der Waals surface area contributed by atoms with Gasteiger partial charge < -0.3 is 4.57 Å². The minimum Gasteiger partial charge on any atom is -0.336 e. The van der Waals surface area contributed by atoms with Gasteiger partial charge in [-0.3, -0.25) is 5.41 Å². The summed E-state index contributed by atoms with van der Waals surface area (Å²) in [4.78, 5) is 0. The first kappa shape index (κ1) is 8.31. The second-order valence-corrected chi connectivity index (χ2v) is 7.31. The number of aromatic nitrogens is 1. The molecule has 1 aromatic heterocycles. The normalized spacial score (nSPS) is 12.9. The Hall–Kier alpha value is 0.212. The van der Waals surface area contributed by atoms with E-state index in [2.05, 4.69) is 22.6 Å². The average molecular weight is 262 g/mol. The predicted octanol–water partition coefficient (Wildman–Crippen LogP) is 0.492. The van der Waals surface area contributed by atoms with Crippen LogP contribution in [0.15, 0.2) is 24.4 Å². The molecule has 0 aliphatic rings. The van der Waals surface area contributed by atoms with Gasteiger partial charge in [0.25, 0.3) is 16.3 Å². The summed E-state index contributed by atoms with van der Waals surface area (Å²) in [7, 11) is 0. The fraction of sp³-hybridized carbons (Fsp3) is 0.167. The van der Waals surface area contributed by atoms with Gasteiger partial charge in [-0.05, 0) is 12.1 Å². The first-order valence-electron chi connectivity index (χ1n) is 3.07. The summed E-state index contributed by atoms with van der Waals surface area (Å²) in [6, 6.07) is 5.66. The van der Waals surface area contributed by atoms with E-state index < -0.39 is 0 Å². The van der Waals surface area contributed by atoms with Crippen LogP contribution in [0.2, 0.25) is 0 Å². The summed E-state index contributed by atoms with van der Waals surface area (Å²) >= 11 is 3.42. The van der Waals surface area contributed by atoms with Crippen molar-refractivity contribution in [1.82, 2.24) is 4.57 Å². The molecule has 52 valence electrons. The van der Waals surface area contributed by atoms with E-state index >= 15 is 0 Å². The maximum atomic E-state index is 7.48. The summed E-state index contributed by atoms with van der Waals surface area (Å²) in [6.07, 6.45) is 1.95. The summed E-state index contributed by atoms with van der Waals surface area (Å²) in [5.74, 6) is 0. The van der Waals surface area contributed by atoms with Gasteiger partial charge in [0.1, 0.15) is 5.49 Å². The summed E-state index contributed by atoms with van der Waals surface area (Å²) in [6.45, 7) is 0. The predicted molar refractivity (Wildman–Crippen MR) is 51.9 cm³/mol. The molecule has 4 heteroatoms. The van der Waals surface area contributed by atoms with Crippen LogP contribution in [0.3, 0.4) is 0 Å². The lowest BCUT2D eigenvalue weighted by molar-refractivity contribution is 0.796. The molecular formula is C6H8AlIN2. The highest BCUT2D eigenvalue weighted by Crippen LogP contribution is 2.05. The van der Waals surface area contributed by atoms with E-state index in [1.165, 1.54) is 0 Å². The summed E-state index contributed by atoms with van der Waals surface area (Å²) in [5, 5.41) is 7.48. The Morgan fingerprint density at radius 1 is 1.60 bits per heavy atom. The number of alkyl halides is 1. The standard InChI is InChI=1S/C6H6IN2.Al.2H/c7-5-9-4-2-1-3-6(9)8;;;/h1-5,8H;;;. The van der Waals surface area contributed by atoms with E-state index in [-0.39, 0.29) is 0 Å². The molecule has 1 aromatic rings. The van der Waals surface area contributed by atoms with Crippen LogP contribution in [0.5, 0.6) is 0 Å². The van der Waals surface area contributed by atoms with E-state index in [4.69, 9.17) is 5.41 Å². The minimum atomic E-state index is 0.492. The summed E-state index contributed by atoms with van der Waals surface area (Å²) < 4.78 is 2.46. The van der Waals surface area contributed by atoms with Crippen LogP contribution in [0, 0.1) is 5.41 Å². The monoisotopic (exact) mass is 262 g/mol. The molecular weight excluding hydrogens is 254 g/mol. The van der Waals surface area contributed by atoms with Gasteiger partial charge in [-0.2, -0.15) is 0 Å². The Morgan fingerprint density at radius 3 is 2.70 bits per heavy atom.